The monoisotopic (exact) mass is 606 g/mol. The van der Waals surface area contributed by atoms with Crippen LogP contribution < -0.4 is 0 Å². The number of amidine groups is 2. The van der Waals surface area contributed by atoms with Crippen molar-refractivity contribution in [1.29, 1.82) is 0 Å². The molecule has 226 valence electrons. The van der Waals surface area contributed by atoms with Gasteiger partial charge in [-0.05, 0) is 58.1 Å². The number of fused-ring (bicyclic) bond motifs is 7. The van der Waals surface area contributed by atoms with Gasteiger partial charge < -0.3 is 9.47 Å². The Labute approximate surface area is 275 Å². The Hall–Kier alpha value is -5.74. The second-order valence-electron chi connectivity index (χ2n) is 13.1. The predicted octanol–water partition coefficient (Wildman–Crippen LogP) is 9.93. The standard InChI is InChI=1S/C43H34N4/c1-43(2)36-20-12-10-18-32(36)34-26-27-35-33-19-11-13-21-37(33)47(39(35)38(34)43)31-24-22-28(23-25-31)40-44-41(29-14-6-4-7-15-29)46(3)42(45-40)30-16-8-5-9-17-30/h4-27,41H,1-3H3. The first-order valence-corrected chi connectivity index (χ1v) is 16.3. The SMILES string of the molecule is CN1C(c2ccccc2)=NC(c2ccc(-n3c4ccccc4c4ccc5c(c43)C(C)(C)c3ccccc3-5)cc2)=NC1c1ccccc1. The molecule has 1 aliphatic heterocycles. The lowest BCUT2D eigenvalue weighted by atomic mass is 9.81. The van der Waals surface area contributed by atoms with Gasteiger partial charge in [-0.3, -0.25) is 0 Å². The number of rotatable bonds is 4. The topological polar surface area (TPSA) is 32.9 Å². The molecule has 0 bridgehead atoms. The lowest BCUT2D eigenvalue weighted by molar-refractivity contribution is 0.383. The maximum Gasteiger partial charge on any atom is 0.159 e. The maximum absolute atomic E-state index is 5.21. The van der Waals surface area contributed by atoms with Gasteiger partial charge >= 0.3 is 0 Å². The zero-order valence-corrected chi connectivity index (χ0v) is 26.7. The van der Waals surface area contributed by atoms with Gasteiger partial charge in [0.1, 0.15) is 12.0 Å². The summed E-state index contributed by atoms with van der Waals surface area (Å²) in [4.78, 5) is 12.5. The largest absolute Gasteiger partial charge is 0.333 e. The van der Waals surface area contributed by atoms with E-state index in [-0.39, 0.29) is 11.6 Å². The van der Waals surface area contributed by atoms with Gasteiger partial charge in [-0.25, -0.2) is 9.98 Å². The van der Waals surface area contributed by atoms with Gasteiger partial charge in [0, 0.05) is 40.0 Å². The zero-order valence-electron chi connectivity index (χ0n) is 26.7. The van der Waals surface area contributed by atoms with Crippen LogP contribution >= 0.6 is 0 Å². The summed E-state index contributed by atoms with van der Waals surface area (Å²) in [6.45, 7) is 4.73. The van der Waals surface area contributed by atoms with E-state index in [1.54, 1.807) is 0 Å². The third kappa shape index (κ3) is 4.14. The van der Waals surface area contributed by atoms with Crippen LogP contribution in [0.2, 0.25) is 0 Å². The summed E-state index contributed by atoms with van der Waals surface area (Å²) in [7, 11) is 2.08. The Balaban J connectivity index is 1.22. The molecule has 6 aromatic carbocycles. The molecule has 0 fully saturated rings. The van der Waals surface area contributed by atoms with Gasteiger partial charge in [0.05, 0.1) is 11.0 Å². The normalized spacial score (nSPS) is 16.6. The van der Waals surface area contributed by atoms with Crippen molar-refractivity contribution >= 4 is 33.5 Å². The van der Waals surface area contributed by atoms with Crippen LogP contribution in [0.25, 0.3) is 38.6 Å². The summed E-state index contributed by atoms with van der Waals surface area (Å²) < 4.78 is 2.46. The molecule has 1 aliphatic carbocycles. The molecule has 1 atom stereocenters. The van der Waals surface area contributed by atoms with Crippen molar-refractivity contribution in [2.24, 2.45) is 9.98 Å². The fourth-order valence-corrected chi connectivity index (χ4v) is 7.78. The van der Waals surface area contributed by atoms with Crippen molar-refractivity contribution in [3.63, 3.8) is 0 Å². The average molecular weight is 607 g/mol. The van der Waals surface area contributed by atoms with Gasteiger partial charge in [-0.2, -0.15) is 0 Å². The molecule has 0 radical (unpaired) electrons. The van der Waals surface area contributed by atoms with E-state index in [1.165, 1.54) is 44.1 Å². The second kappa shape index (κ2) is 10.4. The Morgan fingerprint density at radius 2 is 1.28 bits per heavy atom. The number of para-hydroxylation sites is 1. The molecule has 9 rings (SSSR count). The van der Waals surface area contributed by atoms with Crippen LogP contribution in [-0.4, -0.2) is 28.2 Å². The molecule has 47 heavy (non-hydrogen) atoms. The molecule has 0 spiro atoms. The minimum Gasteiger partial charge on any atom is -0.333 e. The van der Waals surface area contributed by atoms with Gasteiger partial charge in [-0.15, -0.1) is 0 Å². The summed E-state index contributed by atoms with van der Waals surface area (Å²) in [5.41, 5.74) is 12.1. The Morgan fingerprint density at radius 1 is 0.596 bits per heavy atom. The summed E-state index contributed by atoms with van der Waals surface area (Å²) in [5.74, 6) is 1.65. The van der Waals surface area contributed by atoms with E-state index in [4.69, 9.17) is 9.98 Å². The lowest BCUT2D eigenvalue weighted by Crippen LogP contribution is -2.35. The highest BCUT2D eigenvalue weighted by Gasteiger charge is 2.38. The van der Waals surface area contributed by atoms with Crippen LogP contribution in [-0.2, 0) is 5.41 Å². The number of nitrogens with zero attached hydrogens (tertiary/aromatic N) is 4. The number of aromatic nitrogens is 1. The smallest absolute Gasteiger partial charge is 0.159 e. The van der Waals surface area contributed by atoms with Crippen LogP contribution in [0.1, 0.15) is 47.8 Å². The molecule has 0 saturated heterocycles. The zero-order chi connectivity index (χ0) is 31.7. The molecule has 1 unspecified atom stereocenters. The first kappa shape index (κ1) is 27.6. The molecule has 1 aromatic heterocycles. The van der Waals surface area contributed by atoms with Crippen LogP contribution in [0.3, 0.4) is 0 Å². The summed E-state index contributed by atoms with van der Waals surface area (Å²) in [6.07, 6.45) is -0.178. The minimum absolute atomic E-state index is 0.130. The van der Waals surface area contributed by atoms with E-state index < -0.39 is 0 Å². The molecule has 4 nitrogen and oxygen atoms in total. The number of hydrogen-bond acceptors (Lipinski definition) is 3. The van der Waals surface area contributed by atoms with E-state index in [1.807, 2.05) is 12.1 Å². The average Bonchev–Trinajstić information content (AvgIpc) is 3.58. The molecule has 7 aromatic rings. The Bertz CT molecular complexity index is 2380. The van der Waals surface area contributed by atoms with Crippen molar-refractivity contribution in [3.8, 4) is 16.8 Å². The third-order valence-electron chi connectivity index (χ3n) is 10.0. The van der Waals surface area contributed by atoms with Gasteiger partial charge in [0.15, 0.2) is 5.84 Å². The molecule has 2 heterocycles. The number of hydrogen-bond donors (Lipinski definition) is 0. The van der Waals surface area contributed by atoms with E-state index in [0.29, 0.717) is 0 Å². The molecular weight excluding hydrogens is 573 g/mol. The first-order valence-electron chi connectivity index (χ1n) is 16.3. The predicted molar refractivity (Wildman–Crippen MR) is 195 cm³/mol. The Kier molecular flexibility index (Phi) is 6.10. The van der Waals surface area contributed by atoms with Crippen LogP contribution in [0.15, 0.2) is 156 Å². The number of aliphatic imine (C=N–C) groups is 2. The molecule has 0 amide bonds. The van der Waals surface area contributed by atoms with E-state index in [9.17, 15) is 0 Å². The quantitative estimate of drug-likeness (QED) is 0.196. The lowest BCUT2D eigenvalue weighted by Gasteiger charge is -2.32. The Morgan fingerprint density at radius 3 is 2.06 bits per heavy atom. The molecule has 4 heteroatoms. The fourth-order valence-electron chi connectivity index (χ4n) is 7.78. The summed E-state index contributed by atoms with van der Waals surface area (Å²) in [5, 5.41) is 2.55. The highest BCUT2D eigenvalue weighted by atomic mass is 15.3. The van der Waals surface area contributed by atoms with E-state index in [0.717, 1.165) is 34.0 Å². The van der Waals surface area contributed by atoms with Crippen molar-refractivity contribution in [3.05, 3.63) is 173 Å². The maximum atomic E-state index is 5.21. The number of benzene rings is 6. The molecule has 2 aliphatic rings. The first-order chi connectivity index (χ1) is 23.0. The van der Waals surface area contributed by atoms with Crippen molar-refractivity contribution < 1.29 is 0 Å². The summed E-state index contributed by atoms with van der Waals surface area (Å²) in [6, 6.07) is 52.0. The fraction of sp³-hybridized carbons (Fsp3) is 0.116. The minimum atomic E-state index is -0.178. The van der Waals surface area contributed by atoms with Crippen molar-refractivity contribution in [1.82, 2.24) is 9.47 Å². The van der Waals surface area contributed by atoms with Gasteiger partial charge in [-0.1, -0.05) is 129 Å². The van der Waals surface area contributed by atoms with Crippen LogP contribution in [0, 0.1) is 0 Å². The van der Waals surface area contributed by atoms with Gasteiger partial charge in [0.25, 0.3) is 0 Å². The van der Waals surface area contributed by atoms with Gasteiger partial charge in [0.2, 0.25) is 0 Å². The van der Waals surface area contributed by atoms with Crippen molar-refractivity contribution in [2.45, 2.75) is 25.4 Å². The molecule has 0 saturated carbocycles. The third-order valence-corrected chi connectivity index (χ3v) is 10.0. The second-order valence-corrected chi connectivity index (χ2v) is 13.1. The van der Waals surface area contributed by atoms with E-state index in [2.05, 4.69) is 164 Å². The van der Waals surface area contributed by atoms with Crippen LogP contribution in [0.5, 0.6) is 0 Å². The molecule has 0 N–H and O–H groups in total. The highest BCUT2D eigenvalue weighted by Crippen LogP contribution is 2.52. The highest BCUT2D eigenvalue weighted by molar-refractivity contribution is 6.14. The molecular formula is C43H34N4. The van der Waals surface area contributed by atoms with Crippen LogP contribution in [0.4, 0.5) is 0 Å². The van der Waals surface area contributed by atoms with Crippen molar-refractivity contribution in [2.75, 3.05) is 7.05 Å². The van der Waals surface area contributed by atoms with E-state index >= 15 is 0 Å². The summed E-state index contributed by atoms with van der Waals surface area (Å²) >= 11 is 0.